The lowest BCUT2D eigenvalue weighted by Crippen LogP contribution is -2.61. The number of carbonyl (C=O) groups is 3. The Morgan fingerprint density at radius 1 is 1.28 bits per heavy atom. The fraction of sp³-hybridized carbons (Fsp3) is 0.696. The molecule has 0 aromatic rings. The normalized spacial score (nSPS) is 49.3. The zero-order valence-corrected chi connectivity index (χ0v) is 17.2. The van der Waals surface area contributed by atoms with E-state index in [1.165, 1.54) is 6.92 Å². The maximum absolute atomic E-state index is 12.9. The number of ketones is 2. The number of epoxide rings is 1. The molecule has 1 aliphatic heterocycles. The highest BCUT2D eigenvalue weighted by atomic mass is 16.6. The third-order valence-corrected chi connectivity index (χ3v) is 8.95. The smallest absolute Gasteiger partial charge is 0.303 e. The lowest BCUT2D eigenvalue weighted by Gasteiger charge is -2.55. The molecule has 156 valence electrons. The van der Waals surface area contributed by atoms with Crippen molar-refractivity contribution in [1.82, 2.24) is 0 Å². The number of aliphatic hydroxyl groups is 1. The summed E-state index contributed by atoms with van der Waals surface area (Å²) in [4.78, 5) is 36.0. The summed E-state index contributed by atoms with van der Waals surface area (Å²) in [5.41, 5.74) is -1.61. The van der Waals surface area contributed by atoms with E-state index in [0.29, 0.717) is 12.8 Å². The zero-order valence-electron chi connectivity index (χ0n) is 17.2. The van der Waals surface area contributed by atoms with E-state index in [4.69, 9.17) is 9.47 Å². The first-order valence-electron chi connectivity index (χ1n) is 10.6. The van der Waals surface area contributed by atoms with Gasteiger partial charge < -0.3 is 14.6 Å². The molecule has 3 saturated carbocycles. The molecular formula is C23H28O6. The Morgan fingerprint density at radius 2 is 2.03 bits per heavy atom. The van der Waals surface area contributed by atoms with Crippen molar-refractivity contribution < 1.29 is 29.0 Å². The van der Waals surface area contributed by atoms with Crippen molar-refractivity contribution in [2.75, 3.05) is 6.61 Å². The molecule has 0 aromatic carbocycles. The van der Waals surface area contributed by atoms with Crippen LogP contribution >= 0.6 is 0 Å². The number of allylic oxidation sites excluding steroid dienone is 2. The molecule has 1 spiro atoms. The quantitative estimate of drug-likeness (QED) is 0.577. The maximum Gasteiger partial charge on any atom is 0.303 e. The first-order chi connectivity index (χ1) is 13.6. The Bertz CT molecular complexity index is 888. The summed E-state index contributed by atoms with van der Waals surface area (Å²) in [6.45, 7) is 5.06. The van der Waals surface area contributed by atoms with E-state index in [9.17, 15) is 19.5 Å². The zero-order chi connectivity index (χ0) is 20.8. The summed E-state index contributed by atoms with van der Waals surface area (Å²) in [5, 5.41) is 11.5. The maximum atomic E-state index is 12.9. The number of hydrogen-bond acceptors (Lipinski definition) is 6. The van der Waals surface area contributed by atoms with Gasteiger partial charge in [0.1, 0.15) is 11.2 Å². The summed E-state index contributed by atoms with van der Waals surface area (Å²) >= 11 is 0. The molecule has 0 amide bonds. The molecule has 7 atom stereocenters. The second kappa shape index (κ2) is 5.67. The average Bonchev–Trinajstić information content (AvgIpc) is 3.32. The van der Waals surface area contributed by atoms with E-state index in [1.54, 1.807) is 12.2 Å². The van der Waals surface area contributed by atoms with Gasteiger partial charge in [0.25, 0.3) is 0 Å². The Labute approximate surface area is 170 Å². The van der Waals surface area contributed by atoms with Crippen molar-refractivity contribution in [3.63, 3.8) is 0 Å². The second-order valence-corrected chi connectivity index (χ2v) is 9.98. The molecule has 4 fully saturated rings. The monoisotopic (exact) mass is 400 g/mol. The van der Waals surface area contributed by atoms with Gasteiger partial charge in [0.2, 0.25) is 5.78 Å². The molecule has 1 N–H and O–H groups in total. The van der Waals surface area contributed by atoms with E-state index in [0.717, 1.165) is 24.8 Å². The molecule has 6 nitrogen and oxygen atoms in total. The van der Waals surface area contributed by atoms with Crippen molar-refractivity contribution >= 4 is 17.5 Å². The van der Waals surface area contributed by atoms with Crippen LogP contribution in [0.3, 0.4) is 0 Å². The molecule has 0 radical (unpaired) electrons. The topological polar surface area (TPSA) is 93.2 Å². The Balaban J connectivity index is 1.49. The molecule has 0 bridgehead atoms. The first kappa shape index (κ1) is 19.2. The van der Waals surface area contributed by atoms with Gasteiger partial charge in [-0.2, -0.15) is 0 Å². The SMILES string of the molecule is CC(=O)OCC(=O)[C@]1(O)CC[C@H]2[C@@H]3CCC4=CC(=O)C=C[C@@]4(C)[C@@]34O[C@H]4C[C@@]21C. The number of rotatable bonds is 3. The van der Waals surface area contributed by atoms with Crippen LogP contribution < -0.4 is 0 Å². The number of ether oxygens (including phenoxy) is 2. The predicted octanol–water partition coefficient (Wildman–Crippen LogP) is 2.29. The molecule has 0 aromatic heterocycles. The fourth-order valence-electron chi connectivity index (χ4n) is 7.40. The Kier molecular flexibility index (Phi) is 3.75. The number of carbonyl (C=O) groups excluding carboxylic acids is 3. The fourth-order valence-corrected chi connectivity index (χ4v) is 7.40. The largest absolute Gasteiger partial charge is 0.458 e. The highest BCUT2D eigenvalue weighted by Gasteiger charge is 2.81. The molecule has 4 aliphatic carbocycles. The van der Waals surface area contributed by atoms with Crippen LogP contribution in [0, 0.1) is 22.7 Å². The minimum Gasteiger partial charge on any atom is -0.458 e. The highest BCUT2D eigenvalue weighted by molar-refractivity contribution is 6.01. The van der Waals surface area contributed by atoms with Gasteiger partial charge in [0, 0.05) is 17.8 Å². The molecule has 5 rings (SSSR count). The van der Waals surface area contributed by atoms with Gasteiger partial charge in [0.05, 0.1) is 6.10 Å². The lowest BCUT2D eigenvalue weighted by atomic mass is 9.47. The molecule has 1 saturated heterocycles. The second-order valence-electron chi connectivity index (χ2n) is 9.98. The lowest BCUT2D eigenvalue weighted by molar-refractivity contribution is -0.165. The van der Waals surface area contributed by atoms with Gasteiger partial charge in [-0.25, -0.2) is 0 Å². The van der Waals surface area contributed by atoms with Gasteiger partial charge in [-0.15, -0.1) is 0 Å². The molecule has 1 heterocycles. The summed E-state index contributed by atoms with van der Waals surface area (Å²) in [7, 11) is 0. The molecular weight excluding hydrogens is 372 g/mol. The van der Waals surface area contributed by atoms with E-state index < -0.39 is 22.8 Å². The summed E-state index contributed by atoms with van der Waals surface area (Å²) in [6, 6.07) is 0. The molecule has 5 aliphatic rings. The third-order valence-electron chi connectivity index (χ3n) is 8.95. The van der Waals surface area contributed by atoms with Crippen LogP contribution in [0.15, 0.2) is 23.8 Å². The van der Waals surface area contributed by atoms with E-state index >= 15 is 0 Å². The minimum atomic E-state index is -1.50. The average molecular weight is 400 g/mol. The van der Waals surface area contributed by atoms with Crippen LogP contribution in [0.25, 0.3) is 0 Å². The van der Waals surface area contributed by atoms with E-state index in [-0.39, 0.29) is 41.3 Å². The van der Waals surface area contributed by atoms with Crippen molar-refractivity contribution in [2.24, 2.45) is 22.7 Å². The summed E-state index contributed by atoms with van der Waals surface area (Å²) in [6.07, 6.45) is 8.86. The first-order valence-corrected chi connectivity index (χ1v) is 10.6. The highest BCUT2D eigenvalue weighted by Crippen LogP contribution is 2.75. The number of Topliss-reactive ketones (excluding diaryl/α,β-unsaturated/α-hetero) is 1. The van der Waals surface area contributed by atoms with Crippen molar-refractivity contribution in [3.05, 3.63) is 23.8 Å². The van der Waals surface area contributed by atoms with Gasteiger partial charge in [-0.3, -0.25) is 14.4 Å². The van der Waals surface area contributed by atoms with Gasteiger partial charge in [-0.1, -0.05) is 18.6 Å². The van der Waals surface area contributed by atoms with Crippen molar-refractivity contribution in [2.45, 2.75) is 70.2 Å². The van der Waals surface area contributed by atoms with Crippen LogP contribution in [0.5, 0.6) is 0 Å². The Hall–Kier alpha value is -1.79. The summed E-state index contributed by atoms with van der Waals surface area (Å²) < 4.78 is 11.4. The van der Waals surface area contributed by atoms with Crippen LogP contribution in [-0.4, -0.2) is 46.6 Å². The number of hydrogen-bond donors (Lipinski definition) is 1. The number of fused-ring (bicyclic) bond motifs is 3. The number of esters is 1. The van der Waals surface area contributed by atoms with Crippen LogP contribution in [-0.2, 0) is 23.9 Å². The molecule has 0 unspecified atom stereocenters. The van der Waals surface area contributed by atoms with Crippen molar-refractivity contribution in [1.29, 1.82) is 0 Å². The van der Waals surface area contributed by atoms with Gasteiger partial charge in [-0.05, 0) is 63.0 Å². The van der Waals surface area contributed by atoms with E-state index in [1.807, 2.05) is 13.0 Å². The minimum absolute atomic E-state index is 0.0384. The van der Waals surface area contributed by atoms with E-state index in [2.05, 4.69) is 6.92 Å². The Morgan fingerprint density at radius 3 is 2.76 bits per heavy atom. The van der Waals surface area contributed by atoms with Crippen LogP contribution in [0.1, 0.15) is 52.9 Å². The predicted molar refractivity (Wildman–Crippen MR) is 103 cm³/mol. The summed E-state index contributed by atoms with van der Waals surface area (Å²) in [5.74, 6) is -0.514. The standard InChI is InChI=1S/C23H28O6/c1-13(24)28-12-18(26)22(27)9-7-16-17-5-4-14-10-15(25)6-8-20(14,2)23(17)19(29-23)11-21(16,22)3/h6,8,10,16-17,19,27H,4-5,7,9,11-12H2,1-3H3/t16-,17-,19-,20+,21-,22+,23+/m0/s1. The van der Waals surface area contributed by atoms with Crippen LogP contribution in [0.4, 0.5) is 0 Å². The third kappa shape index (κ3) is 2.17. The molecule has 6 heteroatoms. The van der Waals surface area contributed by atoms with Crippen LogP contribution in [0.2, 0.25) is 0 Å². The van der Waals surface area contributed by atoms with Crippen molar-refractivity contribution in [3.8, 4) is 0 Å². The van der Waals surface area contributed by atoms with Gasteiger partial charge >= 0.3 is 5.97 Å². The van der Waals surface area contributed by atoms with Gasteiger partial charge in [0.15, 0.2) is 12.4 Å². The molecule has 29 heavy (non-hydrogen) atoms.